The molecule has 6 nitrogen and oxygen atoms in total. The van der Waals surface area contributed by atoms with E-state index in [1.165, 1.54) is 19.3 Å². The van der Waals surface area contributed by atoms with Gasteiger partial charge in [-0.05, 0) is 19.8 Å². The molecule has 0 aliphatic carbocycles. The second-order valence-electron chi connectivity index (χ2n) is 4.24. The molecular weight excluding hydrogens is 276 g/mol. The molecule has 0 radical (unpaired) electrons. The van der Waals surface area contributed by atoms with E-state index in [-0.39, 0.29) is 19.1 Å². The van der Waals surface area contributed by atoms with Gasteiger partial charge >= 0.3 is 11.9 Å². The minimum Gasteiger partial charge on any atom is -0.466 e. The molecule has 21 heavy (non-hydrogen) atoms. The van der Waals surface area contributed by atoms with Crippen molar-refractivity contribution >= 4 is 11.9 Å². The lowest BCUT2D eigenvalue weighted by Gasteiger charge is -2.09. The highest BCUT2D eigenvalue weighted by Gasteiger charge is 2.05. The number of carbonyl (C=O) groups excluding carboxylic acids is 2. The largest absolute Gasteiger partial charge is 0.466 e. The summed E-state index contributed by atoms with van der Waals surface area (Å²) in [4.78, 5) is 21.0. The summed E-state index contributed by atoms with van der Waals surface area (Å²) in [5, 5.41) is 17.5. The number of aliphatic hydroxyl groups excluding tert-OH is 2. The maximum absolute atomic E-state index is 11.1. The van der Waals surface area contributed by atoms with Crippen LogP contribution in [-0.2, 0) is 19.1 Å². The number of methoxy groups -OCH3 is 1. The van der Waals surface area contributed by atoms with Crippen molar-refractivity contribution in [1.29, 1.82) is 0 Å². The lowest BCUT2D eigenvalue weighted by atomic mass is 10.2. The van der Waals surface area contributed by atoms with E-state index < -0.39 is 18.0 Å². The highest BCUT2D eigenvalue weighted by atomic mass is 16.5. The Balaban J connectivity index is 0. The molecule has 0 rings (SSSR count). The average Bonchev–Trinajstić information content (AvgIpc) is 2.46. The van der Waals surface area contributed by atoms with Crippen LogP contribution < -0.4 is 0 Å². The van der Waals surface area contributed by atoms with Crippen LogP contribution in [-0.4, -0.2) is 48.1 Å². The van der Waals surface area contributed by atoms with E-state index in [1.54, 1.807) is 0 Å². The Kier molecular flexibility index (Phi) is 15.2. The van der Waals surface area contributed by atoms with Gasteiger partial charge in [0.05, 0.1) is 25.9 Å². The monoisotopic (exact) mass is 302 g/mol. The fourth-order valence-corrected chi connectivity index (χ4v) is 1.18. The predicted octanol–water partition coefficient (Wildman–Crippen LogP) is 1.36. The predicted molar refractivity (Wildman–Crippen MR) is 79.5 cm³/mol. The first-order valence-electron chi connectivity index (χ1n) is 6.77. The minimum absolute atomic E-state index is 0.0742. The first-order chi connectivity index (χ1) is 9.90. The van der Waals surface area contributed by atoms with Gasteiger partial charge in [0.1, 0.15) is 0 Å². The normalized spacial score (nSPS) is 12.8. The van der Waals surface area contributed by atoms with Crippen LogP contribution >= 0.6 is 0 Å². The molecule has 0 aliphatic heterocycles. The zero-order chi connectivity index (χ0) is 16.7. The number of esters is 2. The molecule has 0 aromatic carbocycles. The molecule has 0 aromatic rings. The molecule has 0 saturated heterocycles. The third kappa shape index (κ3) is 16.3. The number of hydrogen-bond acceptors (Lipinski definition) is 6. The van der Waals surface area contributed by atoms with Crippen molar-refractivity contribution in [3.63, 3.8) is 0 Å². The Hall–Kier alpha value is -1.66. The van der Waals surface area contributed by atoms with Crippen molar-refractivity contribution in [1.82, 2.24) is 0 Å². The number of rotatable bonds is 8. The molecule has 0 aliphatic rings. The maximum atomic E-state index is 11.1. The van der Waals surface area contributed by atoms with Crippen molar-refractivity contribution in [2.75, 3.05) is 13.7 Å². The summed E-state index contributed by atoms with van der Waals surface area (Å²) in [7, 11) is 1.31. The number of aliphatic hydroxyl groups is 2. The molecule has 0 fully saturated rings. The molecule has 6 heteroatoms. The third-order valence-corrected chi connectivity index (χ3v) is 2.25. The molecule has 0 bridgehead atoms. The van der Waals surface area contributed by atoms with Crippen LogP contribution in [0.2, 0.25) is 0 Å². The number of hydrogen-bond donors (Lipinski definition) is 2. The van der Waals surface area contributed by atoms with Gasteiger partial charge in [-0.15, -0.1) is 0 Å². The van der Waals surface area contributed by atoms with Crippen LogP contribution in [0.1, 0.15) is 33.1 Å². The van der Waals surface area contributed by atoms with Crippen molar-refractivity contribution in [2.45, 2.75) is 45.3 Å². The van der Waals surface area contributed by atoms with Gasteiger partial charge in [-0.25, -0.2) is 9.59 Å². The summed E-state index contributed by atoms with van der Waals surface area (Å²) in [6.45, 7) is 6.73. The summed E-state index contributed by atoms with van der Waals surface area (Å²) in [5.41, 5.74) is 0. The molecule has 2 N–H and O–H groups in total. The average molecular weight is 302 g/mol. The topological polar surface area (TPSA) is 93.1 Å². The van der Waals surface area contributed by atoms with Gasteiger partial charge in [0.2, 0.25) is 0 Å². The number of ether oxygens (including phenoxy) is 2. The van der Waals surface area contributed by atoms with E-state index >= 15 is 0 Å². The molecular formula is C15H26O6. The fourth-order valence-electron chi connectivity index (χ4n) is 1.18. The summed E-state index contributed by atoms with van der Waals surface area (Å²) in [6, 6.07) is 0. The highest BCUT2D eigenvalue weighted by molar-refractivity contribution is 5.82. The van der Waals surface area contributed by atoms with Gasteiger partial charge in [-0.2, -0.15) is 0 Å². The van der Waals surface area contributed by atoms with Gasteiger partial charge in [-0.3, -0.25) is 0 Å². The maximum Gasteiger partial charge on any atom is 0.330 e. The van der Waals surface area contributed by atoms with Crippen LogP contribution in [0.3, 0.4) is 0 Å². The Morgan fingerprint density at radius 1 is 1.33 bits per heavy atom. The van der Waals surface area contributed by atoms with Crippen LogP contribution in [0.25, 0.3) is 0 Å². The smallest absolute Gasteiger partial charge is 0.330 e. The van der Waals surface area contributed by atoms with Gasteiger partial charge < -0.3 is 19.7 Å². The Labute approximate surface area is 126 Å². The second kappa shape index (κ2) is 14.7. The Bertz CT molecular complexity index is 324. The first-order valence-corrected chi connectivity index (χ1v) is 6.77. The minimum atomic E-state index is -0.804. The van der Waals surface area contributed by atoms with Crippen LogP contribution in [0, 0.1) is 0 Å². The molecule has 0 amide bonds. The van der Waals surface area contributed by atoms with Gasteiger partial charge in [0.15, 0.2) is 0 Å². The molecule has 0 heterocycles. The van der Waals surface area contributed by atoms with Crippen molar-refractivity contribution in [3.05, 3.63) is 24.8 Å². The number of carbonyl (C=O) groups is 2. The summed E-state index contributed by atoms with van der Waals surface area (Å²) < 4.78 is 9.18. The lowest BCUT2D eigenvalue weighted by Crippen LogP contribution is -2.13. The van der Waals surface area contributed by atoms with Crippen molar-refractivity contribution < 1.29 is 29.3 Å². The molecule has 0 saturated carbocycles. The van der Waals surface area contributed by atoms with E-state index in [4.69, 9.17) is 14.9 Å². The standard InChI is InChI=1S/C11H20O4.C4H6O2/c1-3-5-9(2)15-11(14)7-4-6-10(13)8-12;1-3-4(5)6-2/h4,7,9-10,12-13H,3,5-6,8H2,1-2H3;3H,1H2,2H3. The van der Waals surface area contributed by atoms with E-state index in [2.05, 4.69) is 11.3 Å². The summed E-state index contributed by atoms with van der Waals surface area (Å²) >= 11 is 0. The van der Waals surface area contributed by atoms with E-state index in [9.17, 15) is 9.59 Å². The van der Waals surface area contributed by atoms with Crippen molar-refractivity contribution in [3.8, 4) is 0 Å². The first kappa shape index (κ1) is 21.6. The zero-order valence-electron chi connectivity index (χ0n) is 12.9. The van der Waals surface area contributed by atoms with E-state index in [0.717, 1.165) is 18.9 Å². The van der Waals surface area contributed by atoms with E-state index in [1.807, 2.05) is 13.8 Å². The Morgan fingerprint density at radius 2 is 1.95 bits per heavy atom. The quantitative estimate of drug-likeness (QED) is 0.519. The van der Waals surface area contributed by atoms with Crippen LogP contribution in [0.15, 0.2) is 24.8 Å². The molecule has 2 unspecified atom stereocenters. The van der Waals surface area contributed by atoms with Crippen LogP contribution in [0.4, 0.5) is 0 Å². The molecule has 2 atom stereocenters. The van der Waals surface area contributed by atoms with Crippen LogP contribution in [0.5, 0.6) is 0 Å². The molecule has 0 spiro atoms. The fraction of sp³-hybridized carbons (Fsp3) is 0.600. The summed E-state index contributed by atoms with van der Waals surface area (Å²) in [6.07, 6.45) is 5.10. The molecule has 122 valence electrons. The highest BCUT2D eigenvalue weighted by Crippen LogP contribution is 2.02. The van der Waals surface area contributed by atoms with Crippen molar-refractivity contribution in [2.24, 2.45) is 0 Å². The van der Waals surface area contributed by atoms with Gasteiger partial charge in [-0.1, -0.05) is 26.0 Å². The molecule has 0 aromatic heterocycles. The summed E-state index contributed by atoms with van der Waals surface area (Å²) in [5.74, 6) is -0.795. The van der Waals surface area contributed by atoms with Gasteiger partial charge in [0.25, 0.3) is 0 Å². The Morgan fingerprint density at radius 3 is 2.33 bits per heavy atom. The lowest BCUT2D eigenvalue weighted by molar-refractivity contribution is -0.142. The second-order valence-corrected chi connectivity index (χ2v) is 4.24. The van der Waals surface area contributed by atoms with Gasteiger partial charge in [0, 0.05) is 12.2 Å². The van der Waals surface area contributed by atoms with E-state index in [0.29, 0.717) is 0 Å². The third-order valence-electron chi connectivity index (χ3n) is 2.25. The SMILES string of the molecule is C=CC(=O)OC.CCCC(C)OC(=O)C=CCC(O)CO. The zero-order valence-corrected chi connectivity index (χ0v) is 12.9.